The van der Waals surface area contributed by atoms with Crippen molar-refractivity contribution < 1.29 is 14.3 Å². The summed E-state index contributed by atoms with van der Waals surface area (Å²) >= 11 is 0. The summed E-state index contributed by atoms with van der Waals surface area (Å²) in [5.41, 5.74) is 1.98. The van der Waals surface area contributed by atoms with Crippen molar-refractivity contribution in [3.63, 3.8) is 0 Å². The summed E-state index contributed by atoms with van der Waals surface area (Å²) in [7, 11) is 5.20. The molecule has 0 bridgehead atoms. The predicted molar refractivity (Wildman–Crippen MR) is 113 cm³/mol. The SMILES string of the molecule is COc1ccc(CCN(C)CC(=O)Nc2cccc3ccccc23)cc1OC. The van der Waals surface area contributed by atoms with E-state index in [-0.39, 0.29) is 5.91 Å². The summed E-state index contributed by atoms with van der Waals surface area (Å²) in [6.07, 6.45) is 0.818. The molecule has 146 valence electrons. The summed E-state index contributed by atoms with van der Waals surface area (Å²) in [6, 6.07) is 19.9. The van der Waals surface area contributed by atoms with Crippen LogP contribution in [0.4, 0.5) is 5.69 Å². The van der Waals surface area contributed by atoms with Gasteiger partial charge >= 0.3 is 0 Å². The average molecular weight is 378 g/mol. The molecule has 0 aromatic heterocycles. The smallest absolute Gasteiger partial charge is 0.238 e. The summed E-state index contributed by atoms with van der Waals surface area (Å²) < 4.78 is 10.6. The fourth-order valence-electron chi connectivity index (χ4n) is 3.20. The van der Waals surface area contributed by atoms with E-state index in [1.165, 1.54) is 0 Å². The van der Waals surface area contributed by atoms with Gasteiger partial charge in [-0.15, -0.1) is 0 Å². The Hall–Kier alpha value is -3.05. The number of methoxy groups -OCH3 is 2. The highest BCUT2D eigenvalue weighted by Crippen LogP contribution is 2.27. The van der Waals surface area contributed by atoms with E-state index >= 15 is 0 Å². The Morgan fingerprint density at radius 2 is 1.71 bits per heavy atom. The molecule has 0 heterocycles. The minimum absolute atomic E-state index is 0.0221. The highest BCUT2D eigenvalue weighted by Gasteiger charge is 2.10. The lowest BCUT2D eigenvalue weighted by atomic mass is 10.1. The van der Waals surface area contributed by atoms with Gasteiger partial charge in [-0.05, 0) is 42.6 Å². The molecular formula is C23H26N2O3. The average Bonchev–Trinajstić information content (AvgIpc) is 2.72. The lowest BCUT2D eigenvalue weighted by molar-refractivity contribution is -0.117. The molecule has 0 spiro atoms. The molecule has 0 aliphatic heterocycles. The fraction of sp³-hybridized carbons (Fsp3) is 0.261. The Morgan fingerprint density at radius 1 is 0.964 bits per heavy atom. The third-order valence-electron chi connectivity index (χ3n) is 4.71. The van der Waals surface area contributed by atoms with Crippen molar-refractivity contribution in [1.29, 1.82) is 0 Å². The van der Waals surface area contributed by atoms with Crippen LogP contribution in [0.25, 0.3) is 10.8 Å². The van der Waals surface area contributed by atoms with Crippen LogP contribution in [0.2, 0.25) is 0 Å². The Labute approximate surface area is 165 Å². The van der Waals surface area contributed by atoms with Crippen LogP contribution >= 0.6 is 0 Å². The summed E-state index contributed by atoms with van der Waals surface area (Å²) in [4.78, 5) is 14.5. The molecule has 1 amide bonds. The maximum absolute atomic E-state index is 12.5. The summed E-state index contributed by atoms with van der Waals surface area (Å²) in [5.74, 6) is 1.41. The molecule has 0 unspecified atom stereocenters. The van der Waals surface area contributed by atoms with E-state index in [9.17, 15) is 4.79 Å². The van der Waals surface area contributed by atoms with E-state index in [4.69, 9.17) is 9.47 Å². The largest absolute Gasteiger partial charge is 0.493 e. The zero-order valence-electron chi connectivity index (χ0n) is 16.6. The van der Waals surface area contributed by atoms with E-state index in [1.54, 1.807) is 14.2 Å². The number of carbonyl (C=O) groups is 1. The van der Waals surface area contributed by atoms with Gasteiger partial charge in [0.25, 0.3) is 0 Å². The van der Waals surface area contributed by atoms with Crippen molar-refractivity contribution in [3.8, 4) is 11.5 Å². The Bertz CT molecular complexity index is 950. The molecule has 0 radical (unpaired) electrons. The number of ether oxygens (including phenoxy) is 2. The van der Waals surface area contributed by atoms with Gasteiger partial charge in [-0.3, -0.25) is 9.69 Å². The van der Waals surface area contributed by atoms with Gasteiger partial charge in [-0.1, -0.05) is 42.5 Å². The number of amides is 1. The Balaban J connectivity index is 1.56. The molecule has 0 saturated heterocycles. The maximum atomic E-state index is 12.5. The number of rotatable bonds is 8. The molecule has 0 atom stereocenters. The topological polar surface area (TPSA) is 50.8 Å². The van der Waals surface area contributed by atoms with Gasteiger partial charge in [0.15, 0.2) is 11.5 Å². The second-order valence-corrected chi connectivity index (χ2v) is 6.75. The number of likely N-dealkylation sites (N-methyl/N-ethyl adjacent to an activating group) is 1. The van der Waals surface area contributed by atoms with Crippen molar-refractivity contribution in [2.45, 2.75) is 6.42 Å². The molecule has 0 aliphatic rings. The van der Waals surface area contributed by atoms with E-state index in [0.29, 0.717) is 12.3 Å². The molecule has 0 saturated carbocycles. The number of hydrogen-bond donors (Lipinski definition) is 1. The van der Waals surface area contributed by atoms with Gasteiger partial charge in [0.05, 0.1) is 20.8 Å². The third-order valence-corrected chi connectivity index (χ3v) is 4.71. The number of anilines is 1. The quantitative estimate of drug-likeness (QED) is 0.644. The first kappa shape index (κ1) is 19.7. The van der Waals surface area contributed by atoms with E-state index in [0.717, 1.165) is 40.7 Å². The minimum Gasteiger partial charge on any atom is -0.493 e. The standard InChI is InChI=1S/C23H26N2O3/c1-25(14-13-17-11-12-21(27-2)22(15-17)28-3)16-23(26)24-20-10-6-8-18-7-4-5-9-19(18)20/h4-12,15H,13-14,16H2,1-3H3,(H,24,26). The van der Waals surface area contributed by atoms with Gasteiger partial charge in [-0.25, -0.2) is 0 Å². The molecule has 28 heavy (non-hydrogen) atoms. The summed E-state index contributed by atoms with van der Waals surface area (Å²) in [5, 5.41) is 5.19. The van der Waals surface area contributed by atoms with Gasteiger partial charge in [0.1, 0.15) is 0 Å². The van der Waals surface area contributed by atoms with Gasteiger partial charge in [0.2, 0.25) is 5.91 Å². The highest BCUT2D eigenvalue weighted by atomic mass is 16.5. The van der Waals surface area contributed by atoms with E-state index in [1.807, 2.05) is 72.6 Å². The number of hydrogen-bond acceptors (Lipinski definition) is 4. The van der Waals surface area contributed by atoms with E-state index < -0.39 is 0 Å². The van der Waals surface area contributed by atoms with Crippen LogP contribution in [0.5, 0.6) is 11.5 Å². The minimum atomic E-state index is -0.0221. The van der Waals surface area contributed by atoms with Crippen LogP contribution in [0.1, 0.15) is 5.56 Å². The highest BCUT2D eigenvalue weighted by molar-refractivity contribution is 6.02. The van der Waals surface area contributed by atoms with Crippen molar-refractivity contribution in [1.82, 2.24) is 4.90 Å². The van der Waals surface area contributed by atoms with Gasteiger partial charge in [0, 0.05) is 17.6 Å². The number of benzene rings is 3. The van der Waals surface area contributed by atoms with Crippen LogP contribution in [0, 0.1) is 0 Å². The van der Waals surface area contributed by atoms with Crippen molar-refractivity contribution in [2.24, 2.45) is 0 Å². The first-order valence-electron chi connectivity index (χ1n) is 9.28. The first-order valence-corrected chi connectivity index (χ1v) is 9.28. The van der Waals surface area contributed by atoms with E-state index in [2.05, 4.69) is 5.32 Å². The molecule has 3 aromatic rings. The zero-order valence-corrected chi connectivity index (χ0v) is 16.6. The molecule has 0 aliphatic carbocycles. The van der Waals surface area contributed by atoms with Crippen LogP contribution in [-0.2, 0) is 11.2 Å². The lowest BCUT2D eigenvalue weighted by Gasteiger charge is -2.17. The molecule has 5 heteroatoms. The van der Waals surface area contributed by atoms with Gasteiger partial charge in [-0.2, -0.15) is 0 Å². The zero-order chi connectivity index (χ0) is 19.9. The van der Waals surface area contributed by atoms with Crippen LogP contribution in [0.3, 0.4) is 0 Å². The second kappa shape index (κ2) is 9.24. The number of nitrogens with zero attached hydrogens (tertiary/aromatic N) is 1. The number of nitrogens with one attached hydrogen (secondary N) is 1. The second-order valence-electron chi connectivity index (χ2n) is 6.75. The summed E-state index contributed by atoms with van der Waals surface area (Å²) in [6.45, 7) is 1.09. The van der Waals surface area contributed by atoms with Crippen molar-refractivity contribution >= 4 is 22.4 Å². The fourth-order valence-corrected chi connectivity index (χ4v) is 3.20. The van der Waals surface area contributed by atoms with Crippen LogP contribution in [-0.4, -0.2) is 45.2 Å². The van der Waals surface area contributed by atoms with Gasteiger partial charge < -0.3 is 14.8 Å². The maximum Gasteiger partial charge on any atom is 0.238 e. The molecule has 0 fully saturated rings. The Kier molecular flexibility index (Phi) is 6.50. The third kappa shape index (κ3) is 4.81. The first-order chi connectivity index (χ1) is 13.6. The molecule has 1 N–H and O–H groups in total. The molecule has 3 aromatic carbocycles. The van der Waals surface area contributed by atoms with Crippen molar-refractivity contribution in [2.75, 3.05) is 39.7 Å². The predicted octanol–water partition coefficient (Wildman–Crippen LogP) is 3.97. The van der Waals surface area contributed by atoms with Crippen LogP contribution < -0.4 is 14.8 Å². The monoisotopic (exact) mass is 378 g/mol. The number of fused-ring (bicyclic) bond motifs is 1. The Morgan fingerprint density at radius 3 is 2.50 bits per heavy atom. The molecule has 5 nitrogen and oxygen atoms in total. The lowest BCUT2D eigenvalue weighted by Crippen LogP contribution is -2.31. The molecule has 3 rings (SSSR count). The van der Waals surface area contributed by atoms with Crippen molar-refractivity contribution in [3.05, 3.63) is 66.2 Å². The number of carbonyl (C=O) groups excluding carboxylic acids is 1. The normalized spacial score (nSPS) is 10.9. The molecular weight excluding hydrogens is 352 g/mol. The van der Waals surface area contributed by atoms with Crippen LogP contribution in [0.15, 0.2) is 60.7 Å².